The molecule has 1 aromatic rings. The summed E-state index contributed by atoms with van der Waals surface area (Å²) in [5.41, 5.74) is 0.632. The lowest BCUT2D eigenvalue weighted by molar-refractivity contribution is -0.0295. The molecule has 2 fully saturated rings. The molecule has 110 valence electrons. The minimum absolute atomic E-state index is 0.0706. The Morgan fingerprint density at radius 2 is 2.25 bits per heavy atom. The van der Waals surface area contributed by atoms with Crippen molar-refractivity contribution in [3.8, 4) is 0 Å². The summed E-state index contributed by atoms with van der Waals surface area (Å²) in [5.74, 6) is 0.595. The van der Waals surface area contributed by atoms with Gasteiger partial charge in [-0.3, -0.25) is 0 Å². The lowest BCUT2D eigenvalue weighted by Crippen LogP contribution is -2.51. The van der Waals surface area contributed by atoms with Crippen LogP contribution in [0, 0.1) is 0 Å². The number of nitrogens with one attached hydrogen (secondary N) is 1. The Hall–Kier alpha value is -0.610. The number of ether oxygens (including phenoxy) is 1. The summed E-state index contributed by atoms with van der Waals surface area (Å²) in [4.78, 5) is 0. The molecule has 4 heteroatoms. The van der Waals surface area contributed by atoms with Gasteiger partial charge in [-0.25, -0.2) is 0 Å². The van der Waals surface area contributed by atoms with Crippen LogP contribution in [0.2, 0.25) is 5.02 Å². The van der Waals surface area contributed by atoms with Crippen molar-refractivity contribution in [1.29, 1.82) is 0 Å². The largest absolute Gasteiger partial charge is 0.386 e. The van der Waals surface area contributed by atoms with Gasteiger partial charge < -0.3 is 15.2 Å². The molecule has 2 N–H and O–H groups in total. The Labute approximate surface area is 125 Å². The first-order chi connectivity index (χ1) is 9.57. The predicted molar refractivity (Wildman–Crippen MR) is 80.2 cm³/mol. The zero-order chi connectivity index (χ0) is 14.2. The molecule has 1 aliphatic heterocycles. The predicted octanol–water partition coefficient (Wildman–Crippen LogP) is 2.72. The lowest BCUT2D eigenvalue weighted by Gasteiger charge is -2.38. The van der Waals surface area contributed by atoms with Gasteiger partial charge in [0.2, 0.25) is 0 Å². The Morgan fingerprint density at radius 1 is 1.45 bits per heavy atom. The third-order valence-corrected chi connectivity index (χ3v) is 5.05. The van der Waals surface area contributed by atoms with Crippen LogP contribution in [0.3, 0.4) is 0 Å². The van der Waals surface area contributed by atoms with Crippen molar-refractivity contribution in [3.05, 3.63) is 34.9 Å². The third kappa shape index (κ3) is 2.86. The fourth-order valence-corrected chi connectivity index (χ4v) is 3.34. The summed E-state index contributed by atoms with van der Waals surface area (Å²) in [5, 5.41) is 14.7. The van der Waals surface area contributed by atoms with Crippen LogP contribution in [0.1, 0.15) is 37.7 Å². The standard InChI is InChI=1S/C16H22ClNO2/c1-11-16(19,5-6-20-11)10-18-15-8-13(9-15)12-3-2-4-14(17)7-12/h2-4,7,11,13,15,18-19H,5-6,8-10H2,1H3. The van der Waals surface area contributed by atoms with Gasteiger partial charge in [0, 0.05) is 30.6 Å². The molecule has 2 atom stereocenters. The highest BCUT2D eigenvalue weighted by atomic mass is 35.5. The summed E-state index contributed by atoms with van der Waals surface area (Å²) in [7, 11) is 0. The maximum Gasteiger partial charge on any atom is 0.105 e. The average Bonchev–Trinajstić information content (AvgIpc) is 2.68. The van der Waals surface area contributed by atoms with Gasteiger partial charge in [-0.2, -0.15) is 0 Å². The average molecular weight is 296 g/mol. The molecular weight excluding hydrogens is 274 g/mol. The SMILES string of the molecule is CC1OCCC1(O)CNC1CC(c2cccc(Cl)c2)C1. The lowest BCUT2D eigenvalue weighted by atomic mass is 9.75. The second-order valence-corrected chi connectivity index (χ2v) is 6.60. The van der Waals surface area contributed by atoms with Crippen LogP contribution < -0.4 is 5.32 Å². The summed E-state index contributed by atoms with van der Waals surface area (Å²) < 4.78 is 5.45. The quantitative estimate of drug-likeness (QED) is 0.897. The second-order valence-electron chi connectivity index (χ2n) is 6.17. The van der Waals surface area contributed by atoms with Crippen molar-refractivity contribution in [2.45, 2.75) is 49.9 Å². The fraction of sp³-hybridized carbons (Fsp3) is 0.625. The van der Waals surface area contributed by atoms with Gasteiger partial charge in [0.05, 0.1) is 6.10 Å². The first kappa shape index (κ1) is 14.3. The molecule has 1 heterocycles. The van der Waals surface area contributed by atoms with E-state index in [1.165, 1.54) is 5.56 Å². The molecule has 1 saturated heterocycles. The number of benzene rings is 1. The highest BCUT2D eigenvalue weighted by Gasteiger charge is 2.40. The molecule has 0 amide bonds. The van der Waals surface area contributed by atoms with E-state index in [2.05, 4.69) is 17.4 Å². The highest BCUT2D eigenvalue weighted by Crippen LogP contribution is 2.38. The second kappa shape index (κ2) is 5.64. The van der Waals surface area contributed by atoms with E-state index in [1.54, 1.807) is 0 Å². The number of hydrogen-bond acceptors (Lipinski definition) is 3. The Balaban J connectivity index is 1.47. The summed E-state index contributed by atoms with van der Waals surface area (Å²) in [6.07, 6.45) is 2.89. The van der Waals surface area contributed by atoms with Gasteiger partial charge in [0.1, 0.15) is 5.60 Å². The minimum atomic E-state index is -0.693. The molecule has 1 aliphatic carbocycles. The number of hydrogen-bond donors (Lipinski definition) is 2. The summed E-state index contributed by atoms with van der Waals surface area (Å²) in [6.45, 7) is 3.24. The van der Waals surface area contributed by atoms with Crippen LogP contribution in [0.5, 0.6) is 0 Å². The summed E-state index contributed by atoms with van der Waals surface area (Å²) in [6, 6.07) is 8.63. The summed E-state index contributed by atoms with van der Waals surface area (Å²) >= 11 is 6.03. The van der Waals surface area contributed by atoms with Crippen LogP contribution in [-0.4, -0.2) is 36.0 Å². The van der Waals surface area contributed by atoms with Gasteiger partial charge in [-0.05, 0) is 43.4 Å². The first-order valence-electron chi connectivity index (χ1n) is 7.40. The molecule has 0 radical (unpaired) electrons. The molecule has 1 saturated carbocycles. The van der Waals surface area contributed by atoms with E-state index in [1.807, 2.05) is 19.1 Å². The zero-order valence-corrected chi connectivity index (χ0v) is 12.6. The van der Waals surface area contributed by atoms with E-state index >= 15 is 0 Å². The molecule has 0 bridgehead atoms. The molecule has 0 aromatic heterocycles. The van der Waals surface area contributed by atoms with Crippen LogP contribution in [0.15, 0.2) is 24.3 Å². The molecule has 3 nitrogen and oxygen atoms in total. The monoisotopic (exact) mass is 295 g/mol. The van der Waals surface area contributed by atoms with E-state index in [4.69, 9.17) is 16.3 Å². The van der Waals surface area contributed by atoms with Gasteiger partial charge >= 0.3 is 0 Å². The van der Waals surface area contributed by atoms with Gasteiger partial charge in [0.15, 0.2) is 0 Å². The normalized spacial score (nSPS) is 36.9. The maximum absolute atomic E-state index is 10.4. The van der Waals surface area contributed by atoms with Crippen molar-refractivity contribution in [2.24, 2.45) is 0 Å². The van der Waals surface area contributed by atoms with Crippen LogP contribution in [-0.2, 0) is 4.74 Å². The van der Waals surface area contributed by atoms with Crippen LogP contribution >= 0.6 is 11.6 Å². The number of aliphatic hydroxyl groups is 1. The first-order valence-corrected chi connectivity index (χ1v) is 7.77. The van der Waals surface area contributed by atoms with E-state index < -0.39 is 5.60 Å². The van der Waals surface area contributed by atoms with Gasteiger partial charge in [0.25, 0.3) is 0 Å². The van der Waals surface area contributed by atoms with E-state index in [9.17, 15) is 5.11 Å². The zero-order valence-electron chi connectivity index (χ0n) is 11.8. The molecular formula is C16H22ClNO2. The molecule has 1 aromatic carbocycles. The fourth-order valence-electron chi connectivity index (χ4n) is 3.14. The van der Waals surface area contributed by atoms with E-state index in [-0.39, 0.29) is 6.10 Å². The van der Waals surface area contributed by atoms with Crippen molar-refractivity contribution >= 4 is 11.6 Å². The van der Waals surface area contributed by atoms with E-state index in [0.717, 1.165) is 24.3 Å². The maximum atomic E-state index is 10.4. The molecule has 0 spiro atoms. The number of halogens is 1. The smallest absolute Gasteiger partial charge is 0.105 e. The molecule has 3 rings (SSSR count). The minimum Gasteiger partial charge on any atom is -0.386 e. The van der Waals surface area contributed by atoms with Crippen LogP contribution in [0.4, 0.5) is 0 Å². The Kier molecular flexibility index (Phi) is 4.04. The molecule has 2 aliphatic rings. The molecule has 20 heavy (non-hydrogen) atoms. The topological polar surface area (TPSA) is 41.5 Å². The van der Waals surface area contributed by atoms with Gasteiger partial charge in [-0.1, -0.05) is 23.7 Å². The van der Waals surface area contributed by atoms with Gasteiger partial charge in [-0.15, -0.1) is 0 Å². The number of rotatable bonds is 4. The highest BCUT2D eigenvalue weighted by molar-refractivity contribution is 6.30. The van der Waals surface area contributed by atoms with Crippen molar-refractivity contribution < 1.29 is 9.84 Å². The van der Waals surface area contributed by atoms with Crippen molar-refractivity contribution in [3.63, 3.8) is 0 Å². The van der Waals surface area contributed by atoms with Crippen molar-refractivity contribution in [2.75, 3.05) is 13.2 Å². The van der Waals surface area contributed by atoms with E-state index in [0.29, 0.717) is 25.1 Å². The third-order valence-electron chi connectivity index (χ3n) is 4.81. The Bertz CT molecular complexity index is 475. The Morgan fingerprint density at radius 3 is 2.90 bits per heavy atom. The van der Waals surface area contributed by atoms with Crippen LogP contribution in [0.25, 0.3) is 0 Å². The molecule has 2 unspecified atom stereocenters. The van der Waals surface area contributed by atoms with Crippen molar-refractivity contribution in [1.82, 2.24) is 5.32 Å².